The number of oxazole rings is 1. The molecule has 1 aliphatic heterocycles. The molecular weight excluding hydrogens is 382 g/mol. The summed E-state index contributed by atoms with van der Waals surface area (Å²) < 4.78 is 11.0. The van der Waals surface area contributed by atoms with Gasteiger partial charge in [0.2, 0.25) is 5.91 Å². The third-order valence-corrected chi connectivity index (χ3v) is 5.30. The van der Waals surface area contributed by atoms with Crippen molar-refractivity contribution in [3.8, 4) is 5.75 Å². The number of carbonyl (C=O) groups excluding carboxylic acids is 2. The Morgan fingerprint density at radius 2 is 2.03 bits per heavy atom. The molecule has 0 bridgehead atoms. The minimum atomic E-state index is -0.186. The Hall–Kier alpha value is -3.35. The molecule has 7 heteroatoms. The Kier molecular flexibility index (Phi) is 5.97. The van der Waals surface area contributed by atoms with Crippen LogP contribution in [0.3, 0.4) is 0 Å². The predicted molar refractivity (Wildman–Crippen MR) is 113 cm³/mol. The van der Waals surface area contributed by atoms with E-state index in [-0.39, 0.29) is 11.8 Å². The molecule has 2 amide bonds. The summed E-state index contributed by atoms with van der Waals surface area (Å²) in [4.78, 5) is 30.6. The van der Waals surface area contributed by atoms with Crippen LogP contribution in [0.2, 0.25) is 0 Å². The van der Waals surface area contributed by atoms with Gasteiger partial charge in [-0.25, -0.2) is 4.98 Å². The lowest BCUT2D eigenvalue weighted by molar-refractivity contribution is -0.133. The number of rotatable bonds is 7. The Morgan fingerprint density at radius 3 is 2.80 bits per heavy atom. The Bertz CT molecular complexity index is 1040. The van der Waals surface area contributed by atoms with Crippen LogP contribution in [0.25, 0.3) is 11.1 Å². The van der Waals surface area contributed by atoms with Crippen molar-refractivity contribution in [2.45, 2.75) is 25.7 Å². The van der Waals surface area contributed by atoms with E-state index in [0.29, 0.717) is 48.5 Å². The molecule has 1 aliphatic rings. The zero-order valence-electron chi connectivity index (χ0n) is 17.0. The molecule has 0 unspecified atom stereocenters. The summed E-state index contributed by atoms with van der Waals surface area (Å²) >= 11 is 0. The van der Waals surface area contributed by atoms with Gasteiger partial charge in [-0.3, -0.25) is 9.59 Å². The number of benzene rings is 2. The summed E-state index contributed by atoms with van der Waals surface area (Å²) in [5.74, 6) is 1.38. The van der Waals surface area contributed by atoms with Gasteiger partial charge in [-0.15, -0.1) is 0 Å². The van der Waals surface area contributed by atoms with E-state index in [1.807, 2.05) is 29.2 Å². The standard InChI is InChI=1S/C23H25N3O4/c1-29-18-8-5-16(6-9-18)14-21-25-19-10-7-17(15-20(19)30-21)23(28)24-11-13-26-12-3-2-4-22(26)27/h5-10,15H,2-4,11-14H2,1H3,(H,24,28). The Labute approximate surface area is 175 Å². The fourth-order valence-electron chi connectivity index (χ4n) is 3.61. The lowest BCUT2D eigenvalue weighted by atomic mass is 10.1. The number of hydrogen-bond acceptors (Lipinski definition) is 5. The van der Waals surface area contributed by atoms with Crippen molar-refractivity contribution < 1.29 is 18.7 Å². The number of nitrogens with zero attached hydrogens (tertiary/aromatic N) is 2. The van der Waals surface area contributed by atoms with Crippen LogP contribution in [0.5, 0.6) is 5.75 Å². The van der Waals surface area contributed by atoms with Gasteiger partial charge in [-0.05, 0) is 48.7 Å². The number of carbonyl (C=O) groups is 2. The summed E-state index contributed by atoms with van der Waals surface area (Å²) in [5, 5.41) is 2.88. The highest BCUT2D eigenvalue weighted by atomic mass is 16.5. The topological polar surface area (TPSA) is 84.7 Å². The number of piperidine rings is 1. The summed E-state index contributed by atoms with van der Waals surface area (Å²) in [6.07, 6.45) is 3.15. The third kappa shape index (κ3) is 4.62. The zero-order chi connectivity index (χ0) is 20.9. The lowest BCUT2D eigenvalue weighted by Crippen LogP contribution is -2.41. The number of ether oxygens (including phenoxy) is 1. The van der Waals surface area contributed by atoms with Gasteiger partial charge >= 0.3 is 0 Å². The third-order valence-electron chi connectivity index (χ3n) is 5.30. The molecule has 0 saturated carbocycles. The predicted octanol–water partition coefficient (Wildman–Crippen LogP) is 3.17. The first-order valence-corrected chi connectivity index (χ1v) is 10.2. The molecule has 0 aliphatic carbocycles. The maximum Gasteiger partial charge on any atom is 0.251 e. The van der Waals surface area contributed by atoms with Crippen molar-refractivity contribution in [2.75, 3.05) is 26.7 Å². The molecule has 0 spiro atoms. The molecule has 2 heterocycles. The van der Waals surface area contributed by atoms with E-state index in [1.165, 1.54) is 0 Å². The summed E-state index contributed by atoms with van der Waals surface area (Å²) in [6, 6.07) is 13.0. The zero-order valence-corrected chi connectivity index (χ0v) is 17.0. The fraction of sp³-hybridized carbons (Fsp3) is 0.348. The van der Waals surface area contributed by atoms with Crippen molar-refractivity contribution in [1.82, 2.24) is 15.2 Å². The lowest BCUT2D eigenvalue weighted by Gasteiger charge is -2.26. The van der Waals surface area contributed by atoms with Gasteiger partial charge in [-0.2, -0.15) is 0 Å². The molecule has 1 saturated heterocycles. The smallest absolute Gasteiger partial charge is 0.251 e. The van der Waals surface area contributed by atoms with E-state index in [4.69, 9.17) is 9.15 Å². The molecule has 3 aromatic rings. The average molecular weight is 407 g/mol. The second-order valence-electron chi connectivity index (χ2n) is 7.41. The van der Waals surface area contributed by atoms with Crippen molar-refractivity contribution in [3.63, 3.8) is 0 Å². The Balaban J connectivity index is 1.37. The van der Waals surface area contributed by atoms with E-state index in [0.717, 1.165) is 30.7 Å². The number of aromatic nitrogens is 1. The number of methoxy groups -OCH3 is 1. The quantitative estimate of drug-likeness (QED) is 0.650. The monoisotopic (exact) mass is 407 g/mol. The molecule has 156 valence electrons. The van der Waals surface area contributed by atoms with Gasteiger partial charge in [0.15, 0.2) is 11.5 Å². The van der Waals surface area contributed by atoms with Crippen LogP contribution >= 0.6 is 0 Å². The highest BCUT2D eigenvalue weighted by Crippen LogP contribution is 2.20. The molecule has 4 rings (SSSR count). The SMILES string of the molecule is COc1ccc(Cc2nc3ccc(C(=O)NCCN4CCCCC4=O)cc3o2)cc1. The van der Waals surface area contributed by atoms with Crippen LogP contribution in [-0.2, 0) is 11.2 Å². The van der Waals surface area contributed by atoms with Crippen LogP contribution in [-0.4, -0.2) is 48.4 Å². The second-order valence-corrected chi connectivity index (χ2v) is 7.41. The van der Waals surface area contributed by atoms with Crippen LogP contribution < -0.4 is 10.1 Å². The van der Waals surface area contributed by atoms with Gasteiger partial charge in [0.25, 0.3) is 5.91 Å². The highest BCUT2D eigenvalue weighted by molar-refractivity contribution is 5.97. The van der Waals surface area contributed by atoms with Gasteiger partial charge in [0, 0.05) is 38.0 Å². The van der Waals surface area contributed by atoms with Crippen LogP contribution in [0, 0.1) is 0 Å². The first-order valence-electron chi connectivity index (χ1n) is 10.2. The maximum absolute atomic E-state index is 12.5. The summed E-state index contributed by atoms with van der Waals surface area (Å²) in [7, 11) is 1.64. The maximum atomic E-state index is 12.5. The first-order chi connectivity index (χ1) is 14.6. The molecule has 30 heavy (non-hydrogen) atoms. The van der Waals surface area contributed by atoms with Gasteiger partial charge in [-0.1, -0.05) is 12.1 Å². The number of nitrogens with one attached hydrogen (secondary N) is 1. The van der Waals surface area contributed by atoms with E-state index < -0.39 is 0 Å². The van der Waals surface area contributed by atoms with Gasteiger partial charge in [0.1, 0.15) is 11.3 Å². The van der Waals surface area contributed by atoms with Crippen LogP contribution in [0.1, 0.15) is 41.1 Å². The molecule has 0 radical (unpaired) electrons. The first kappa shape index (κ1) is 19.9. The molecule has 0 atom stereocenters. The van der Waals surface area contributed by atoms with Gasteiger partial charge in [0.05, 0.1) is 7.11 Å². The van der Waals surface area contributed by atoms with E-state index >= 15 is 0 Å². The molecule has 7 nitrogen and oxygen atoms in total. The fourth-order valence-corrected chi connectivity index (χ4v) is 3.61. The largest absolute Gasteiger partial charge is 0.497 e. The number of hydrogen-bond donors (Lipinski definition) is 1. The number of fused-ring (bicyclic) bond motifs is 1. The van der Waals surface area contributed by atoms with E-state index in [1.54, 1.807) is 25.3 Å². The van der Waals surface area contributed by atoms with E-state index in [2.05, 4.69) is 10.3 Å². The van der Waals surface area contributed by atoms with Crippen LogP contribution in [0.4, 0.5) is 0 Å². The van der Waals surface area contributed by atoms with Crippen molar-refractivity contribution in [2.24, 2.45) is 0 Å². The molecule has 1 N–H and O–H groups in total. The number of amides is 2. The summed E-state index contributed by atoms with van der Waals surface area (Å²) in [5.41, 5.74) is 2.87. The van der Waals surface area contributed by atoms with Crippen molar-refractivity contribution >= 4 is 22.9 Å². The van der Waals surface area contributed by atoms with Crippen molar-refractivity contribution in [1.29, 1.82) is 0 Å². The molecule has 1 aromatic heterocycles. The molecule has 2 aromatic carbocycles. The Morgan fingerprint density at radius 1 is 1.20 bits per heavy atom. The molecular formula is C23H25N3O4. The van der Waals surface area contributed by atoms with E-state index in [9.17, 15) is 9.59 Å². The molecule has 1 fully saturated rings. The van der Waals surface area contributed by atoms with Crippen LogP contribution in [0.15, 0.2) is 46.9 Å². The van der Waals surface area contributed by atoms with Gasteiger partial charge < -0.3 is 19.4 Å². The normalized spacial score (nSPS) is 14.2. The highest BCUT2D eigenvalue weighted by Gasteiger charge is 2.18. The average Bonchev–Trinajstić information content (AvgIpc) is 3.17. The van der Waals surface area contributed by atoms with Crippen molar-refractivity contribution in [3.05, 3.63) is 59.5 Å². The number of likely N-dealkylation sites (tertiary alicyclic amines) is 1. The second kappa shape index (κ2) is 8.98. The minimum absolute atomic E-state index is 0.169. The summed E-state index contributed by atoms with van der Waals surface area (Å²) in [6.45, 7) is 1.75. The minimum Gasteiger partial charge on any atom is -0.497 e.